The van der Waals surface area contributed by atoms with Gasteiger partial charge < -0.3 is 11.0 Å². The topological polar surface area (TPSA) is 103 Å². The summed E-state index contributed by atoms with van der Waals surface area (Å²) in [4.78, 5) is 2.31. The minimum atomic E-state index is -2.25. The van der Waals surface area contributed by atoms with Crippen molar-refractivity contribution < 1.29 is 27.0 Å². The molecule has 1 aromatic rings. The molecule has 1 aromatic carbocycles. The monoisotopic (exact) mass is 440 g/mol. The van der Waals surface area contributed by atoms with Crippen LogP contribution in [0.3, 0.4) is 0 Å². The fraction of sp³-hybridized carbons (Fsp3) is 0.538. The third-order valence-corrected chi connectivity index (χ3v) is 6.71. The summed E-state index contributed by atoms with van der Waals surface area (Å²) in [7, 11) is 0. The van der Waals surface area contributed by atoms with Crippen LogP contribution in [0.1, 0.15) is 0 Å². The molecule has 0 spiro atoms. The summed E-state index contributed by atoms with van der Waals surface area (Å²) < 4.78 is 24.1. The number of halogens is 1. The van der Waals surface area contributed by atoms with Crippen LogP contribution >= 0.6 is 15.9 Å². The maximum Gasteiger partial charge on any atom is -0.412 e. The van der Waals surface area contributed by atoms with Gasteiger partial charge >= 0.3 is 132 Å². The van der Waals surface area contributed by atoms with Gasteiger partial charge in [0.1, 0.15) is 0 Å². The second-order valence-electron chi connectivity index (χ2n) is 4.75. The first-order chi connectivity index (χ1) is 9.79. The zero-order chi connectivity index (χ0) is 13.8. The molecule has 125 valence electrons. The predicted octanol–water partition coefficient (Wildman–Crippen LogP) is -0.0890. The molecular formula is C13H21BrGeNO6. The van der Waals surface area contributed by atoms with Gasteiger partial charge in [-0.3, -0.25) is 0 Å². The fourth-order valence-corrected chi connectivity index (χ4v) is 4.87. The van der Waals surface area contributed by atoms with E-state index in [1.165, 1.54) is 0 Å². The predicted molar refractivity (Wildman–Crippen MR) is 85.8 cm³/mol. The van der Waals surface area contributed by atoms with Gasteiger partial charge in [-0.05, 0) is 0 Å². The van der Waals surface area contributed by atoms with Gasteiger partial charge in [0.15, 0.2) is 0 Å². The number of ether oxygens (including phenoxy) is 1. The van der Waals surface area contributed by atoms with Crippen molar-refractivity contribution in [2.75, 3.05) is 39.5 Å². The summed E-state index contributed by atoms with van der Waals surface area (Å²) in [5, 5.41) is 0. The second kappa shape index (κ2) is 9.83. The summed E-state index contributed by atoms with van der Waals surface area (Å²) in [5.41, 5.74) is 0. The third-order valence-electron chi connectivity index (χ3n) is 3.23. The Morgan fingerprint density at radius 1 is 1.14 bits per heavy atom. The Balaban J connectivity index is 0.00000121. The Morgan fingerprint density at radius 2 is 1.77 bits per heavy atom. The van der Waals surface area contributed by atoms with Crippen LogP contribution in [0.4, 0.5) is 0 Å². The van der Waals surface area contributed by atoms with Gasteiger partial charge in [0.25, 0.3) is 0 Å². The molecule has 3 fully saturated rings. The van der Waals surface area contributed by atoms with E-state index in [9.17, 15) is 0 Å². The Kier molecular flexibility index (Phi) is 8.87. The molecule has 9 heteroatoms. The van der Waals surface area contributed by atoms with Gasteiger partial charge in [-0.1, -0.05) is 0 Å². The van der Waals surface area contributed by atoms with E-state index in [1.807, 2.05) is 24.3 Å². The molecule has 3 saturated heterocycles. The molecule has 3 heterocycles. The summed E-state index contributed by atoms with van der Waals surface area (Å²) in [6, 6.07) is 7.83. The van der Waals surface area contributed by atoms with E-state index in [1.54, 1.807) is 0 Å². The number of hydrogen-bond donors (Lipinski definition) is 0. The van der Waals surface area contributed by atoms with E-state index in [4.69, 9.17) is 16.0 Å². The molecule has 0 saturated carbocycles. The number of fused-ring (bicyclic) bond motifs is 6. The third kappa shape index (κ3) is 5.78. The summed E-state index contributed by atoms with van der Waals surface area (Å²) >= 11 is 1.16. The first-order valence-electron chi connectivity index (χ1n) is 6.69. The molecule has 1 unspecified atom stereocenters. The summed E-state index contributed by atoms with van der Waals surface area (Å²) in [5.74, 6) is 0.853. The fourth-order valence-electron chi connectivity index (χ4n) is 2.19. The van der Waals surface area contributed by atoms with Crippen LogP contribution in [0.5, 0.6) is 5.75 Å². The van der Waals surface area contributed by atoms with Gasteiger partial charge in [0, 0.05) is 0 Å². The second-order valence-corrected chi connectivity index (χ2v) is 8.42. The van der Waals surface area contributed by atoms with Crippen LogP contribution in [0, 0.1) is 0 Å². The largest absolute Gasteiger partial charge is 0.412 e. The molecule has 1 atom stereocenters. The average Bonchev–Trinajstić information content (AvgIpc) is 2.37. The van der Waals surface area contributed by atoms with E-state index in [2.05, 4.69) is 20.8 Å². The number of hydrogen-bond acceptors (Lipinski definition) is 5. The van der Waals surface area contributed by atoms with E-state index in [0.717, 1.165) is 43.1 Å². The molecule has 1 radical (unpaired) electrons. The molecule has 3 aliphatic heterocycles. The van der Waals surface area contributed by atoms with Crippen molar-refractivity contribution in [3.63, 3.8) is 0 Å². The summed E-state index contributed by atoms with van der Waals surface area (Å²) in [6.07, 6.45) is 0.0225. The van der Waals surface area contributed by atoms with E-state index < -0.39 is 15.4 Å². The molecule has 0 aromatic heterocycles. The standard InChI is InChI=1S/C13H17BrGeNO4.2H2O/c14-11-1-3-12(4-2-11)17-10-13-9-16-5-7-18-15(20-13)19-8-6-16;;/h1-4,13H,5-10H2;2*1H2. The van der Waals surface area contributed by atoms with Crippen molar-refractivity contribution in [1.29, 1.82) is 0 Å². The molecule has 22 heavy (non-hydrogen) atoms. The van der Waals surface area contributed by atoms with Gasteiger partial charge in [-0.15, -0.1) is 0 Å². The van der Waals surface area contributed by atoms with Crippen molar-refractivity contribution in [3.8, 4) is 5.75 Å². The summed E-state index contributed by atoms with van der Waals surface area (Å²) in [6.45, 7) is 4.77. The molecule has 4 N–H and O–H groups in total. The van der Waals surface area contributed by atoms with E-state index >= 15 is 0 Å². The molecule has 0 amide bonds. The number of benzene rings is 1. The van der Waals surface area contributed by atoms with E-state index in [0.29, 0.717) is 6.61 Å². The first kappa shape index (κ1) is 19.8. The van der Waals surface area contributed by atoms with Crippen molar-refractivity contribution in [3.05, 3.63) is 28.7 Å². The van der Waals surface area contributed by atoms with Crippen molar-refractivity contribution in [2.24, 2.45) is 0 Å². The Hall–Kier alpha value is -0.197. The average molecular weight is 440 g/mol. The molecule has 4 rings (SSSR count). The SMILES string of the molecule is Brc1ccc(OCC2CN3CC[O][Ge]([O]CC3)[O]2)cc1.O.O. The van der Waals surface area contributed by atoms with Gasteiger partial charge in [-0.2, -0.15) is 0 Å². The van der Waals surface area contributed by atoms with Crippen LogP contribution in [-0.2, 0) is 11.3 Å². The van der Waals surface area contributed by atoms with Crippen molar-refractivity contribution >= 4 is 31.3 Å². The number of rotatable bonds is 3. The molecule has 7 nitrogen and oxygen atoms in total. The maximum absolute atomic E-state index is 5.95. The minimum Gasteiger partial charge on any atom is -0.412 e. The van der Waals surface area contributed by atoms with Crippen molar-refractivity contribution in [1.82, 2.24) is 4.90 Å². The Bertz CT molecular complexity index is 413. The van der Waals surface area contributed by atoms with Gasteiger partial charge in [-0.25, -0.2) is 0 Å². The van der Waals surface area contributed by atoms with Crippen LogP contribution in [0.2, 0.25) is 0 Å². The van der Waals surface area contributed by atoms with Crippen LogP contribution in [0.25, 0.3) is 0 Å². The molecule has 0 aliphatic carbocycles. The normalized spacial score (nSPS) is 25.1. The van der Waals surface area contributed by atoms with Gasteiger partial charge in [0.2, 0.25) is 0 Å². The zero-order valence-corrected chi connectivity index (χ0v) is 15.8. The minimum absolute atomic E-state index is 0. The number of nitrogens with zero attached hydrogens (tertiary/aromatic N) is 1. The quantitative estimate of drug-likeness (QED) is 0.612. The maximum atomic E-state index is 5.95. The molecular weight excluding hydrogens is 419 g/mol. The van der Waals surface area contributed by atoms with Crippen molar-refractivity contribution in [2.45, 2.75) is 6.10 Å². The Morgan fingerprint density at radius 3 is 2.41 bits per heavy atom. The van der Waals surface area contributed by atoms with Crippen LogP contribution in [-0.4, -0.2) is 76.8 Å². The smallest absolute Gasteiger partial charge is 0.412 e. The van der Waals surface area contributed by atoms with E-state index in [-0.39, 0.29) is 17.1 Å². The Labute approximate surface area is 143 Å². The molecule has 2 bridgehead atoms. The van der Waals surface area contributed by atoms with Crippen LogP contribution in [0.15, 0.2) is 28.7 Å². The van der Waals surface area contributed by atoms with Gasteiger partial charge in [0.05, 0.1) is 0 Å². The molecule has 3 aliphatic rings. The first-order valence-corrected chi connectivity index (χ1v) is 10.1. The van der Waals surface area contributed by atoms with Crippen LogP contribution < -0.4 is 4.74 Å². The zero-order valence-electron chi connectivity index (χ0n) is 12.1.